The van der Waals surface area contributed by atoms with Crippen molar-refractivity contribution in [2.75, 3.05) is 37.8 Å². The third-order valence-corrected chi connectivity index (χ3v) is 5.54. The summed E-state index contributed by atoms with van der Waals surface area (Å²) in [5.41, 5.74) is 2.92. The molecule has 6 nitrogen and oxygen atoms in total. The maximum Gasteiger partial charge on any atom is 0.321 e. The average Bonchev–Trinajstić information content (AvgIpc) is 2.62. The molecule has 1 aliphatic rings. The second-order valence-corrected chi connectivity index (χ2v) is 8.01. The van der Waals surface area contributed by atoms with Gasteiger partial charge in [0.1, 0.15) is 0 Å². The number of hydrogen-bond acceptors (Lipinski definition) is 3. The quantitative estimate of drug-likeness (QED) is 0.915. The van der Waals surface area contributed by atoms with Gasteiger partial charge in [0.25, 0.3) is 0 Å². The van der Waals surface area contributed by atoms with E-state index in [4.69, 9.17) is 0 Å². The van der Waals surface area contributed by atoms with Crippen molar-refractivity contribution in [2.24, 2.45) is 0 Å². The summed E-state index contributed by atoms with van der Waals surface area (Å²) in [5.74, 6) is 0. The van der Waals surface area contributed by atoms with Gasteiger partial charge in [-0.3, -0.25) is 0 Å². The number of benzene rings is 2. The summed E-state index contributed by atoms with van der Waals surface area (Å²) >= 11 is 0. The Bertz CT molecular complexity index is 828. The van der Waals surface area contributed by atoms with Crippen LogP contribution in [0.5, 0.6) is 0 Å². The van der Waals surface area contributed by atoms with Gasteiger partial charge in [0.15, 0.2) is 0 Å². The molecule has 0 atom stereocenters. The van der Waals surface area contributed by atoms with Gasteiger partial charge in [-0.1, -0.05) is 42.5 Å². The van der Waals surface area contributed by atoms with E-state index in [1.165, 1.54) is 10.6 Å². The predicted octanol–water partition coefficient (Wildman–Crippen LogP) is 2.46. The van der Waals surface area contributed by atoms with Crippen molar-refractivity contribution in [3.05, 3.63) is 54.6 Å². The smallest absolute Gasteiger partial charge is 0.321 e. The number of rotatable bonds is 3. The minimum Gasteiger partial charge on any atom is -0.322 e. The summed E-state index contributed by atoms with van der Waals surface area (Å²) < 4.78 is 24.4. The van der Waals surface area contributed by atoms with Crippen LogP contribution in [-0.2, 0) is 10.0 Å². The molecule has 1 N–H and O–H groups in total. The van der Waals surface area contributed by atoms with Crippen molar-refractivity contribution >= 4 is 21.7 Å². The molecular formula is C18H21N3O3S. The molecule has 132 valence electrons. The third-order valence-electron chi connectivity index (χ3n) is 4.24. The molecule has 2 amide bonds. The Morgan fingerprint density at radius 1 is 0.880 bits per heavy atom. The number of carbonyl (C=O) groups excluding carboxylic acids is 1. The molecule has 2 aromatic rings. The first kappa shape index (κ1) is 17.4. The van der Waals surface area contributed by atoms with Gasteiger partial charge in [-0.15, -0.1) is 0 Å². The lowest BCUT2D eigenvalue weighted by Gasteiger charge is -2.33. The van der Waals surface area contributed by atoms with Crippen LogP contribution in [-0.4, -0.2) is 56.1 Å². The molecule has 0 saturated carbocycles. The first-order valence-electron chi connectivity index (χ1n) is 8.10. The van der Waals surface area contributed by atoms with Gasteiger partial charge in [0.05, 0.1) is 6.26 Å². The molecule has 1 aliphatic heterocycles. The lowest BCUT2D eigenvalue weighted by molar-refractivity contribution is 0.184. The van der Waals surface area contributed by atoms with Gasteiger partial charge in [0, 0.05) is 31.9 Å². The van der Waals surface area contributed by atoms with Crippen molar-refractivity contribution < 1.29 is 13.2 Å². The summed E-state index contributed by atoms with van der Waals surface area (Å²) in [6.07, 6.45) is 1.19. The summed E-state index contributed by atoms with van der Waals surface area (Å²) in [6.45, 7) is 1.44. The Balaban J connectivity index is 1.59. The summed E-state index contributed by atoms with van der Waals surface area (Å²) in [7, 11) is -3.19. The molecular weight excluding hydrogens is 338 g/mol. The van der Waals surface area contributed by atoms with E-state index in [1.807, 2.05) is 54.6 Å². The van der Waals surface area contributed by atoms with Gasteiger partial charge >= 0.3 is 6.03 Å². The number of hydrogen-bond donors (Lipinski definition) is 1. The van der Waals surface area contributed by atoms with Gasteiger partial charge in [-0.05, 0) is 23.3 Å². The highest BCUT2D eigenvalue weighted by molar-refractivity contribution is 7.88. The molecule has 1 fully saturated rings. The van der Waals surface area contributed by atoms with Crippen molar-refractivity contribution in [1.29, 1.82) is 0 Å². The molecule has 0 aromatic heterocycles. The maximum absolute atomic E-state index is 12.3. The monoisotopic (exact) mass is 359 g/mol. The zero-order valence-corrected chi connectivity index (χ0v) is 14.9. The van der Waals surface area contributed by atoms with Crippen LogP contribution in [0.3, 0.4) is 0 Å². The Morgan fingerprint density at radius 2 is 1.44 bits per heavy atom. The van der Waals surface area contributed by atoms with Crippen LogP contribution in [0.25, 0.3) is 11.1 Å². The highest BCUT2D eigenvalue weighted by Gasteiger charge is 2.25. The van der Waals surface area contributed by atoms with E-state index in [0.717, 1.165) is 16.8 Å². The number of nitrogens with one attached hydrogen (secondary N) is 1. The largest absolute Gasteiger partial charge is 0.322 e. The van der Waals surface area contributed by atoms with Crippen LogP contribution in [0, 0.1) is 0 Å². The van der Waals surface area contributed by atoms with E-state index in [9.17, 15) is 13.2 Å². The molecule has 2 aromatic carbocycles. The van der Waals surface area contributed by atoms with Gasteiger partial charge in [-0.25, -0.2) is 13.2 Å². The minimum atomic E-state index is -3.19. The highest BCUT2D eigenvalue weighted by atomic mass is 32.2. The second kappa shape index (κ2) is 7.25. The lowest BCUT2D eigenvalue weighted by Crippen LogP contribution is -2.51. The Hall–Kier alpha value is -2.38. The molecule has 0 bridgehead atoms. The lowest BCUT2D eigenvalue weighted by atomic mass is 10.1. The van der Waals surface area contributed by atoms with Crippen molar-refractivity contribution in [1.82, 2.24) is 9.21 Å². The molecule has 0 aliphatic carbocycles. The number of piperazine rings is 1. The van der Waals surface area contributed by atoms with Gasteiger partial charge < -0.3 is 10.2 Å². The minimum absolute atomic E-state index is 0.208. The van der Waals surface area contributed by atoms with Gasteiger partial charge in [0.2, 0.25) is 10.0 Å². The third kappa shape index (κ3) is 4.37. The summed E-state index contributed by atoms with van der Waals surface area (Å²) in [5, 5.41) is 2.86. The van der Waals surface area contributed by atoms with Crippen molar-refractivity contribution in [3.63, 3.8) is 0 Å². The highest BCUT2D eigenvalue weighted by Crippen LogP contribution is 2.21. The van der Waals surface area contributed by atoms with E-state index in [-0.39, 0.29) is 6.03 Å². The van der Waals surface area contributed by atoms with E-state index in [0.29, 0.717) is 26.2 Å². The number of sulfonamides is 1. The zero-order valence-electron chi connectivity index (χ0n) is 14.1. The van der Waals surface area contributed by atoms with Crippen LogP contribution in [0.15, 0.2) is 54.6 Å². The molecule has 3 rings (SSSR count). The topological polar surface area (TPSA) is 69.7 Å². The maximum atomic E-state index is 12.3. The summed E-state index contributed by atoms with van der Waals surface area (Å²) in [6, 6.07) is 17.5. The molecule has 0 spiro atoms. The zero-order chi connectivity index (χ0) is 17.9. The Labute approximate surface area is 148 Å². The Kier molecular flexibility index (Phi) is 5.06. The Morgan fingerprint density at radius 3 is 2.00 bits per heavy atom. The van der Waals surface area contributed by atoms with Crippen LogP contribution in [0.2, 0.25) is 0 Å². The first-order chi connectivity index (χ1) is 11.9. The number of urea groups is 1. The first-order valence-corrected chi connectivity index (χ1v) is 9.95. The van der Waals surface area contributed by atoms with Crippen LogP contribution < -0.4 is 5.32 Å². The fourth-order valence-corrected chi connectivity index (χ4v) is 3.63. The second-order valence-electron chi connectivity index (χ2n) is 6.02. The molecule has 25 heavy (non-hydrogen) atoms. The molecule has 7 heteroatoms. The fourth-order valence-electron chi connectivity index (χ4n) is 2.80. The molecule has 1 heterocycles. The molecule has 0 radical (unpaired) electrons. The number of anilines is 1. The van der Waals surface area contributed by atoms with E-state index >= 15 is 0 Å². The molecule has 0 unspecified atom stereocenters. The van der Waals surface area contributed by atoms with E-state index in [2.05, 4.69) is 5.32 Å². The normalized spacial score (nSPS) is 15.8. The van der Waals surface area contributed by atoms with Crippen LogP contribution in [0.1, 0.15) is 0 Å². The standard InChI is InChI=1S/C18H21N3O3S/c1-25(23,24)21-13-11-20(12-14-21)18(22)19-17-9-7-16(8-10-17)15-5-3-2-4-6-15/h2-10H,11-14H2,1H3,(H,19,22). The van der Waals surface area contributed by atoms with E-state index in [1.54, 1.807) is 4.90 Å². The van der Waals surface area contributed by atoms with Crippen LogP contribution in [0.4, 0.5) is 10.5 Å². The van der Waals surface area contributed by atoms with E-state index < -0.39 is 10.0 Å². The van der Waals surface area contributed by atoms with Crippen LogP contribution >= 0.6 is 0 Å². The number of nitrogens with zero attached hydrogens (tertiary/aromatic N) is 2. The van der Waals surface area contributed by atoms with Crippen molar-refractivity contribution in [2.45, 2.75) is 0 Å². The summed E-state index contributed by atoms with van der Waals surface area (Å²) in [4.78, 5) is 14.0. The fraction of sp³-hybridized carbons (Fsp3) is 0.278. The van der Waals surface area contributed by atoms with Crippen molar-refractivity contribution in [3.8, 4) is 11.1 Å². The SMILES string of the molecule is CS(=O)(=O)N1CCN(C(=O)Nc2ccc(-c3ccccc3)cc2)CC1. The number of carbonyl (C=O) groups is 1. The molecule has 1 saturated heterocycles. The predicted molar refractivity (Wildman–Crippen MR) is 98.9 cm³/mol. The number of amides is 2. The average molecular weight is 359 g/mol. The van der Waals surface area contributed by atoms with Gasteiger partial charge in [-0.2, -0.15) is 4.31 Å².